The summed E-state index contributed by atoms with van der Waals surface area (Å²) in [6.07, 6.45) is 4.46. The van der Waals surface area contributed by atoms with E-state index in [-0.39, 0.29) is 0 Å². The van der Waals surface area contributed by atoms with E-state index >= 15 is 0 Å². The second-order valence-electron chi connectivity index (χ2n) is 3.35. The van der Waals surface area contributed by atoms with E-state index in [2.05, 4.69) is 56.1 Å². The number of rotatable bonds is 4. The highest BCUT2D eigenvalue weighted by Crippen LogP contribution is 2.18. The molecule has 1 rings (SSSR count). The number of nitrogens with zero attached hydrogens (tertiary/aromatic N) is 1. The van der Waals surface area contributed by atoms with Gasteiger partial charge >= 0.3 is 0 Å². The number of anilines is 1. The van der Waals surface area contributed by atoms with E-state index in [0.717, 1.165) is 12.8 Å². The summed E-state index contributed by atoms with van der Waals surface area (Å²) in [6, 6.07) is 10.5. The SMILES string of the molecule is CCC=C(CC)N(C)c1ccccc1. The third-order valence-corrected chi connectivity index (χ3v) is 2.38. The van der Waals surface area contributed by atoms with Crippen LogP contribution in [-0.4, -0.2) is 7.05 Å². The van der Waals surface area contributed by atoms with Gasteiger partial charge in [-0.1, -0.05) is 38.1 Å². The van der Waals surface area contributed by atoms with Crippen LogP contribution in [0.15, 0.2) is 42.1 Å². The molecule has 0 fully saturated rings. The van der Waals surface area contributed by atoms with Crippen molar-refractivity contribution in [2.45, 2.75) is 26.7 Å². The van der Waals surface area contributed by atoms with Gasteiger partial charge in [0.05, 0.1) is 0 Å². The predicted molar refractivity (Wildman–Crippen MR) is 63.5 cm³/mol. The lowest BCUT2D eigenvalue weighted by molar-refractivity contribution is 0.955. The maximum atomic E-state index is 2.28. The van der Waals surface area contributed by atoms with E-state index in [1.807, 2.05) is 6.07 Å². The fourth-order valence-electron chi connectivity index (χ4n) is 1.57. The molecule has 0 saturated carbocycles. The molecule has 0 radical (unpaired) electrons. The molecular weight excluding hydrogens is 170 g/mol. The fourth-order valence-corrected chi connectivity index (χ4v) is 1.57. The minimum absolute atomic E-state index is 1.08. The van der Waals surface area contributed by atoms with Gasteiger partial charge in [0.15, 0.2) is 0 Å². The van der Waals surface area contributed by atoms with Crippen LogP contribution in [0.3, 0.4) is 0 Å². The molecule has 14 heavy (non-hydrogen) atoms. The van der Waals surface area contributed by atoms with Crippen molar-refractivity contribution in [1.29, 1.82) is 0 Å². The first kappa shape index (κ1) is 10.8. The van der Waals surface area contributed by atoms with Crippen molar-refractivity contribution in [2.24, 2.45) is 0 Å². The third kappa shape index (κ3) is 2.63. The van der Waals surface area contributed by atoms with Gasteiger partial charge in [0.1, 0.15) is 0 Å². The molecule has 0 aliphatic heterocycles. The molecular formula is C13H19N. The molecule has 0 atom stereocenters. The number of hydrogen-bond donors (Lipinski definition) is 0. The van der Waals surface area contributed by atoms with Crippen molar-refractivity contribution < 1.29 is 0 Å². The first-order valence-corrected chi connectivity index (χ1v) is 5.27. The molecule has 0 heterocycles. The minimum Gasteiger partial charge on any atom is -0.349 e. The molecule has 0 aliphatic rings. The van der Waals surface area contributed by atoms with Crippen molar-refractivity contribution in [3.8, 4) is 0 Å². The monoisotopic (exact) mass is 189 g/mol. The van der Waals surface area contributed by atoms with Crippen LogP contribution in [0.4, 0.5) is 5.69 Å². The van der Waals surface area contributed by atoms with Gasteiger partial charge in [0.25, 0.3) is 0 Å². The van der Waals surface area contributed by atoms with E-state index < -0.39 is 0 Å². The van der Waals surface area contributed by atoms with Crippen LogP contribution in [0.1, 0.15) is 26.7 Å². The summed E-state index contributed by atoms with van der Waals surface area (Å²) < 4.78 is 0. The maximum absolute atomic E-state index is 2.28. The molecule has 0 spiro atoms. The molecule has 0 saturated heterocycles. The van der Waals surface area contributed by atoms with Gasteiger partial charge in [0.2, 0.25) is 0 Å². The molecule has 0 aromatic heterocycles. The Labute approximate surface area is 87.1 Å². The van der Waals surface area contributed by atoms with Gasteiger partial charge < -0.3 is 4.90 Å². The van der Waals surface area contributed by atoms with Gasteiger partial charge in [-0.15, -0.1) is 0 Å². The van der Waals surface area contributed by atoms with Crippen LogP contribution in [0.25, 0.3) is 0 Å². The Hall–Kier alpha value is -1.24. The van der Waals surface area contributed by atoms with Gasteiger partial charge in [-0.3, -0.25) is 0 Å². The Morgan fingerprint density at radius 1 is 1.21 bits per heavy atom. The van der Waals surface area contributed by atoms with E-state index in [0.29, 0.717) is 0 Å². The molecule has 0 aliphatic carbocycles. The molecule has 0 N–H and O–H groups in total. The highest BCUT2D eigenvalue weighted by Gasteiger charge is 2.02. The van der Waals surface area contributed by atoms with Crippen LogP contribution in [0.2, 0.25) is 0 Å². The lowest BCUT2D eigenvalue weighted by atomic mass is 10.2. The molecule has 1 aromatic rings. The summed E-state index contributed by atoms with van der Waals surface area (Å²) in [5.74, 6) is 0. The second-order valence-corrected chi connectivity index (χ2v) is 3.35. The van der Waals surface area contributed by atoms with Crippen molar-refractivity contribution >= 4 is 5.69 Å². The second kappa shape index (κ2) is 5.48. The first-order valence-electron chi connectivity index (χ1n) is 5.27. The molecule has 1 nitrogen and oxygen atoms in total. The molecule has 0 amide bonds. The lowest BCUT2D eigenvalue weighted by Gasteiger charge is -2.22. The third-order valence-electron chi connectivity index (χ3n) is 2.38. The van der Waals surface area contributed by atoms with Gasteiger partial charge in [0, 0.05) is 18.4 Å². The summed E-state index contributed by atoms with van der Waals surface area (Å²) in [7, 11) is 2.13. The van der Waals surface area contributed by atoms with Crippen molar-refractivity contribution in [3.05, 3.63) is 42.1 Å². The van der Waals surface area contributed by atoms with Crippen molar-refractivity contribution in [1.82, 2.24) is 0 Å². The topological polar surface area (TPSA) is 3.24 Å². The van der Waals surface area contributed by atoms with E-state index in [9.17, 15) is 0 Å². The van der Waals surface area contributed by atoms with Gasteiger partial charge in [-0.2, -0.15) is 0 Å². The zero-order valence-corrected chi connectivity index (χ0v) is 9.33. The molecule has 76 valence electrons. The van der Waals surface area contributed by atoms with Crippen LogP contribution in [0.5, 0.6) is 0 Å². The molecule has 0 unspecified atom stereocenters. The van der Waals surface area contributed by atoms with Crippen molar-refractivity contribution in [2.75, 3.05) is 11.9 Å². The van der Waals surface area contributed by atoms with Crippen LogP contribution in [0, 0.1) is 0 Å². The normalized spacial score (nSPS) is 11.5. The van der Waals surface area contributed by atoms with Crippen LogP contribution in [-0.2, 0) is 0 Å². The maximum Gasteiger partial charge on any atom is 0.0405 e. The summed E-state index contributed by atoms with van der Waals surface area (Å²) in [6.45, 7) is 4.37. The van der Waals surface area contributed by atoms with Gasteiger partial charge in [-0.25, -0.2) is 0 Å². The largest absolute Gasteiger partial charge is 0.349 e. The number of allylic oxidation sites excluding steroid dienone is 2. The standard InChI is InChI=1S/C13H19N/c1-4-9-12(5-2)14(3)13-10-7-6-8-11-13/h6-11H,4-5H2,1-3H3. The first-order chi connectivity index (χ1) is 6.79. The van der Waals surface area contributed by atoms with Crippen LogP contribution < -0.4 is 4.90 Å². The zero-order valence-electron chi connectivity index (χ0n) is 9.33. The summed E-state index contributed by atoms with van der Waals surface area (Å²) in [4.78, 5) is 2.25. The van der Waals surface area contributed by atoms with E-state index in [1.165, 1.54) is 11.4 Å². The summed E-state index contributed by atoms with van der Waals surface area (Å²) >= 11 is 0. The Balaban J connectivity index is 2.83. The Morgan fingerprint density at radius 2 is 1.86 bits per heavy atom. The molecule has 1 aromatic carbocycles. The van der Waals surface area contributed by atoms with Crippen LogP contribution >= 0.6 is 0 Å². The lowest BCUT2D eigenvalue weighted by Crippen LogP contribution is -2.15. The smallest absolute Gasteiger partial charge is 0.0405 e. The Bertz CT molecular complexity index is 287. The quantitative estimate of drug-likeness (QED) is 0.696. The van der Waals surface area contributed by atoms with Gasteiger partial charge in [-0.05, 0) is 25.0 Å². The molecule has 0 bridgehead atoms. The Kier molecular flexibility index (Phi) is 4.24. The van der Waals surface area contributed by atoms with Crippen molar-refractivity contribution in [3.63, 3.8) is 0 Å². The summed E-state index contributed by atoms with van der Waals surface area (Å²) in [5.41, 5.74) is 2.65. The zero-order chi connectivity index (χ0) is 10.4. The Morgan fingerprint density at radius 3 is 2.36 bits per heavy atom. The predicted octanol–water partition coefficient (Wildman–Crippen LogP) is 3.83. The van der Waals surface area contributed by atoms with E-state index in [4.69, 9.17) is 0 Å². The number of benzene rings is 1. The molecule has 1 heteroatoms. The number of para-hydroxylation sites is 1. The minimum atomic E-state index is 1.08. The van der Waals surface area contributed by atoms with E-state index in [1.54, 1.807) is 0 Å². The average Bonchev–Trinajstić information content (AvgIpc) is 2.26. The highest BCUT2D eigenvalue weighted by molar-refractivity contribution is 5.50. The average molecular weight is 189 g/mol. The fraction of sp³-hybridized carbons (Fsp3) is 0.385. The number of hydrogen-bond acceptors (Lipinski definition) is 1. The summed E-state index contributed by atoms with van der Waals surface area (Å²) in [5, 5.41) is 0. The highest BCUT2D eigenvalue weighted by atomic mass is 15.1.